The van der Waals surface area contributed by atoms with Crippen LogP contribution in [0.2, 0.25) is 0 Å². The number of nitrogens with two attached hydrogens (primary N) is 1. The van der Waals surface area contributed by atoms with Crippen molar-refractivity contribution in [2.45, 2.75) is 65.0 Å². The lowest BCUT2D eigenvalue weighted by molar-refractivity contribution is 0.0321. The van der Waals surface area contributed by atoms with Gasteiger partial charge in [0.2, 0.25) is 0 Å². The third-order valence-corrected chi connectivity index (χ3v) is 5.07. The summed E-state index contributed by atoms with van der Waals surface area (Å²) >= 11 is 0. The van der Waals surface area contributed by atoms with Crippen LogP contribution < -0.4 is 5.73 Å². The van der Waals surface area contributed by atoms with Gasteiger partial charge < -0.3 is 5.73 Å². The minimum atomic E-state index is 0.220. The van der Waals surface area contributed by atoms with Crippen molar-refractivity contribution in [3.8, 4) is 0 Å². The third-order valence-electron chi connectivity index (χ3n) is 5.07. The Morgan fingerprint density at radius 3 is 2.81 bits per heavy atom. The van der Waals surface area contributed by atoms with Gasteiger partial charge in [-0.3, -0.25) is 4.90 Å². The van der Waals surface area contributed by atoms with Gasteiger partial charge in [0.25, 0.3) is 0 Å². The van der Waals surface area contributed by atoms with Gasteiger partial charge >= 0.3 is 0 Å². The molecule has 0 spiro atoms. The molecule has 2 unspecified atom stereocenters. The minimum Gasteiger partial charge on any atom is -0.329 e. The SMILES string of the molecule is CCCN(Cc1cccc(C)c1)C1(CN)CCCC(C)C1. The number of hydrogen-bond donors (Lipinski definition) is 1. The second-order valence-corrected chi connectivity index (χ2v) is 7.04. The summed E-state index contributed by atoms with van der Waals surface area (Å²) in [5.41, 5.74) is 9.27. The van der Waals surface area contributed by atoms with E-state index in [0.717, 1.165) is 25.6 Å². The molecular weight excluding hydrogens is 256 g/mol. The molecule has 0 aromatic heterocycles. The molecule has 1 aromatic carbocycles. The van der Waals surface area contributed by atoms with Gasteiger partial charge in [0, 0.05) is 18.6 Å². The highest BCUT2D eigenvalue weighted by molar-refractivity contribution is 5.22. The van der Waals surface area contributed by atoms with Gasteiger partial charge in [0.1, 0.15) is 0 Å². The standard InChI is InChI=1S/C19H32N2/c1-4-11-21(14-18-9-5-7-16(2)12-18)19(15-20)10-6-8-17(3)13-19/h5,7,9,12,17H,4,6,8,10-11,13-15,20H2,1-3H3. The number of hydrogen-bond acceptors (Lipinski definition) is 2. The zero-order chi connectivity index (χ0) is 15.3. The first-order chi connectivity index (χ1) is 10.1. The Labute approximate surface area is 130 Å². The van der Waals surface area contributed by atoms with E-state index >= 15 is 0 Å². The quantitative estimate of drug-likeness (QED) is 0.853. The molecular formula is C19H32N2. The van der Waals surface area contributed by atoms with Crippen LogP contribution in [0, 0.1) is 12.8 Å². The fourth-order valence-electron chi connectivity index (χ4n) is 4.02. The van der Waals surface area contributed by atoms with Crippen LogP contribution in [-0.2, 0) is 6.54 Å². The summed E-state index contributed by atoms with van der Waals surface area (Å²) in [5, 5.41) is 0. The maximum Gasteiger partial charge on any atom is 0.0337 e. The molecule has 2 N–H and O–H groups in total. The number of aryl methyl sites for hydroxylation is 1. The van der Waals surface area contributed by atoms with Crippen molar-refractivity contribution >= 4 is 0 Å². The maximum absolute atomic E-state index is 6.27. The Morgan fingerprint density at radius 2 is 2.19 bits per heavy atom. The Hall–Kier alpha value is -0.860. The van der Waals surface area contributed by atoms with Crippen molar-refractivity contribution in [2.24, 2.45) is 11.7 Å². The summed E-state index contributed by atoms with van der Waals surface area (Å²) in [4.78, 5) is 2.68. The molecule has 2 heteroatoms. The van der Waals surface area contributed by atoms with Crippen molar-refractivity contribution in [2.75, 3.05) is 13.1 Å². The van der Waals surface area contributed by atoms with E-state index in [9.17, 15) is 0 Å². The summed E-state index contributed by atoms with van der Waals surface area (Å²) in [6, 6.07) is 8.92. The van der Waals surface area contributed by atoms with Crippen LogP contribution in [-0.4, -0.2) is 23.5 Å². The zero-order valence-electron chi connectivity index (χ0n) is 14.1. The van der Waals surface area contributed by atoms with E-state index in [0.29, 0.717) is 0 Å². The van der Waals surface area contributed by atoms with E-state index in [2.05, 4.69) is 49.9 Å². The fraction of sp³-hybridized carbons (Fsp3) is 0.684. The van der Waals surface area contributed by atoms with Gasteiger partial charge in [-0.1, -0.05) is 56.5 Å². The van der Waals surface area contributed by atoms with Crippen molar-refractivity contribution in [3.63, 3.8) is 0 Å². The van der Waals surface area contributed by atoms with Crippen molar-refractivity contribution in [1.82, 2.24) is 4.90 Å². The summed E-state index contributed by atoms with van der Waals surface area (Å²) in [6.07, 6.45) is 6.41. The fourth-order valence-corrected chi connectivity index (χ4v) is 4.02. The summed E-state index contributed by atoms with van der Waals surface area (Å²) in [7, 11) is 0. The molecule has 21 heavy (non-hydrogen) atoms. The van der Waals surface area contributed by atoms with Gasteiger partial charge in [-0.05, 0) is 44.2 Å². The average molecular weight is 288 g/mol. The lowest BCUT2D eigenvalue weighted by atomic mass is 9.75. The highest BCUT2D eigenvalue weighted by Crippen LogP contribution is 2.37. The molecule has 0 heterocycles. The molecule has 1 aliphatic rings. The van der Waals surface area contributed by atoms with Gasteiger partial charge in [-0.25, -0.2) is 0 Å². The molecule has 0 radical (unpaired) electrons. The van der Waals surface area contributed by atoms with Crippen molar-refractivity contribution in [3.05, 3.63) is 35.4 Å². The molecule has 0 amide bonds. The summed E-state index contributed by atoms with van der Waals surface area (Å²) in [5.74, 6) is 0.805. The molecule has 1 saturated carbocycles. The Balaban J connectivity index is 2.19. The molecule has 118 valence electrons. The van der Waals surface area contributed by atoms with Crippen LogP contribution in [0.1, 0.15) is 57.1 Å². The Bertz CT molecular complexity index is 443. The second kappa shape index (κ2) is 7.42. The smallest absolute Gasteiger partial charge is 0.0337 e. The lowest BCUT2D eigenvalue weighted by Crippen LogP contribution is -2.56. The van der Waals surface area contributed by atoms with E-state index in [-0.39, 0.29) is 5.54 Å². The maximum atomic E-state index is 6.27. The first kappa shape index (κ1) is 16.5. The first-order valence-corrected chi connectivity index (χ1v) is 8.60. The summed E-state index contributed by atoms with van der Waals surface area (Å²) in [6.45, 7) is 9.83. The van der Waals surface area contributed by atoms with Gasteiger partial charge in [0.15, 0.2) is 0 Å². The van der Waals surface area contributed by atoms with Gasteiger partial charge in [-0.15, -0.1) is 0 Å². The van der Waals surface area contributed by atoms with Crippen LogP contribution in [0.4, 0.5) is 0 Å². The molecule has 2 atom stereocenters. The predicted octanol–water partition coefficient (Wildman–Crippen LogP) is 4.11. The Morgan fingerprint density at radius 1 is 1.38 bits per heavy atom. The molecule has 1 aromatic rings. The van der Waals surface area contributed by atoms with E-state index in [1.807, 2.05) is 0 Å². The molecule has 2 rings (SSSR count). The van der Waals surface area contributed by atoms with Crippen LogP contribution >= 0.6 is 0 Å². The average Bonchev–Trinajstić information content (AvgIpc) is 2.47. The van der Waals surface area contributed by atoms with Crippen molar-refractivity contribution < 1.29 is 0 Å². The molecule has 0 saturated heterocycles. The molecule has 2 nitrogen and oxygen atoms in total. The predicted molar refractivity (Wildman–Crippen MR) is 91.3 cm³/mol. The van der Waals surface area contributed by atoms with Gasteiger partial charge in [0.05, 0.1) is 0 Å². The largest absolute Gasteiger partial charge is 0.329 e. The number of nitrogens with zero attached hydrogens (tertiary/aromatic N) is 1. The molecule has 1 fully saturated rings. The number of rotatable bonds is 6. The third kappa shape index (κ3) is 4.08. The first-order valence-electron chi connectivity index (χ1n) is 8.60. The van der Waals surface area contributed by atoms with E-state index in [4.69, 9.17) is 5.73 Å². The Kier molecular flexibility index (Phi) is 5.83. The topological polar surface area (TPSA) is 29.3 Å². The monoisotopic (exact) mass is 288 g/mol. The van der Waals surface area contributed by atoms with E-state index < -0.39 is 0 Å². The van der Waals surface area contributed by atoms with Crippen LogP contribution in [0.5, 0.6) is 0 Å². The van der Waals surface area contributed by atoms with Crippen LogP contribution in [0.15, 0.2) is 24.3 Å². The minimum absolute atomic E-state index is 0.220. The van der Waals surface area contributed by atoms with E-state index in [1.54, 1.807) is 0 Å². The van der Waals surface area contributed by atoms with Crippen molar-refractivity contribution in [1.29, 1.82) is 0 Å². The molecule has 1 aliphatic carbocycles. The highest BCUT2D eigenvalue weighted by atomic mass is 15.2. The number of benzene rings is 1. The van der Waals surface area contributed by atoms with E-state index in [1.165, 1.54) is 43.2 Å². The van der Waals surface area contributed by atoms with Gasteiger partial charge in [-0.2, -0.15) is 0 Å². The summed E-state index contributed by atoms with van der Waals surface area (Å²) < 4.78 is 0. The van der Waals surface area contributed by atoms with Crippen LogP contribution in [0.25, 0.3) is 0 Å². The highest BCUT2D eigenvalue weighted by Gasteiger charge is 2.38. The molecule has 0 aliphatic heterocycles. The van der Waals surface area contributed by atoms with Crippen LogP contribution in [0.3, 0.4) is 0 Å². The molecule has 0 bridgehead atoms. The lowest BCUT2D eigenvalue weighted by Gasteiger charge is -2.48. The second-order valence-electron chi connectivity index (χ2n) is 7.04. The zero-order valence-corrected chi connectivity index (χ0v) is 14.1. The normalized spacial score (nSPS) is 26.2.